The Morgan fingerprint density at radius 1 is 0.935 bits per heavy atom. The smallest absolute Gasteiger partial charge is 0.296 e. The van der Waals surface area contributed by atoms with Gasteiger partial charge in [0, 0.05) is 12.1 Å². The average molecular weight is 443 g/mol. The van der Waals surface area contributed by atoms with Gasteiger partial charge in [0.25, 0.3) is 0 Å². The maximum atomic E-state index is 13.2. The maximum absolute atomic E-state index is 13.2. The molecule has 1 heterocycles. The van der Waals surface area contributed by atoms with E-state index in [1.54, 1.807) is 0 Å². The molecule has 0 atom stereocenters. The summed E-state index contributed by atoms with van der Waals surface area (Å²) in [5.74, 6) is 0.693. The standard InChI is InChI=1S/C25H22ClF3N2/c1-3-24-30-22-14-20(25(27,28)29)21(26)15-23(22)31(24)19-11-9-17(10-12-19)7-8-18-6-4-5-16(2)13-18/h4-6,9-15H,3,7-8H2,1-2H3. The first kappa shape index (κ1) is 21.4. The van der Waals surface area contributed by atoms with Gasteiger partial charge in [-0.1, -0.05) is 60.5 Å². The number of hydrogen-bond donors (Lipinski definition) is 0. The number of benzene rings is 3. The van der Waals surface area contributed by atoms with Crippen LogP contribution in [0.3, 0.4) is 0 Å². The summed E-state index contributed by atoms with van der Waals surface area (Å²) in [6.07, 6.45) is -2.07. The van der Waals surface area contributed by atoms with Crippen molar-refractivity contribution in [2.45, 2.75) is 39.3 Å². The van der Waals surface area contributed by atoms with Crippen molar-refractivity contribution < 1.29 is 13.2 Å². The molecule has 6 heteroatoms. The average Bonchev–Trinajstić information content (AvgIpc) is 3.09. The van der Waals surface area contributed by atoms with Gasteiger partial charge in [-0.2, -0.15) is 13.2 Å². The Balaban J connectivity index is 1.65. The molecular formula is C25H22ClF3N2. The minimum atomic E-state index is -4.51. The monoisotopic (exact) mass is 442 g/mol. The molecular weight excluding hydrogens is 421 g/mol. The van der Waals surface area contributed by atoms with Gasteiger partial charge in [-0.05, 0) is 55.2 Å². The fraction of sp³-hybridized carbons (Fsp3) is 0.240. The Bertz CT molecular complexity index is 1220. The lowest BCUT2D eigenvalue weighted by Gasteiger charge is -2.12. The highest BCUT2D eigenvalue weighted by atomic mass is 35.5. The zero-order valence-corrected chi connectivity index (χ0v) is 18.1. The number of fused-ring (bicyclic) bond motifs is 1. The molecule has 160 valence electrons. The van der Waals surface area contributed by atoms with Gasteiger partial charge in [0.1, 0.15) is 5.82 Å². The topological polar surface area (TPSA) is 17.8 Å². The maximum Gasteiger partial charge on any atom is 0.417 e. The number of hydrogen-bond acceptors (Lipinski definition) is 1. The van der Waals surface area contributed by atoms with Gasteiger partial charge in [0.15, 0.2) is 0 Å². The number of aryl methyl sites for hydroxylation is 4. The molecule has 31 heavy (non-hydrogen) atoms. The van der Waals surface area contributed by atoms with Crippen molar-refractivity contribution in [1.82, 2.24) is 9.55 Å². The summed E-state index contributed by atoms with van der Waals surface area (Å²) < 4.78 is 41.6. The summed E-state index contributed by atoms with van der Waals surface area (Å²) in [5.41, 5.74) is 4.60. The van der Waals surface area contributed by atoms with Crippen LogP contribution in [-0.4, -0.2) is 9.55 Å². The highest BCUT2D eigenvalue weighted by Gasteiger charge is 2.34. The van der Waals surface area contributed by atoms with E-state index in [0.29, 0.717) is 17.8 Å². The van der Waals surface area contributed by atoms with Crippen molar-refractivity contribution in [3.63, 3.8) is 0 Å². The SMILES string of the molecule is CCc1nc2cc(C(F)(F)F)c(Cl)cc2n1-c1ccc(CCc2cccc(C)c2)cc1. The minimum Gasteiger partial charge on any atom is -0.296 e. The Kier molecular flexibility index (Phi) is 5.80. The van der Waals surface area contributed by atoms with Crippen molar-refractivity contribution >= 4 is 22.6 Å². The zero-order valence-electron chi connectivity index (χ0n) is 17.3. The van der Waals surface area contributed by atoms with E-state index in [0.717, 1.165) is 24.6 Å². The third-order valence-electron chi connectivity index (χ3n) is 5.41. The number of imidazole rings is 1. The summed E-state index contributed by atoms with van der Waals surface area (Å²) in [4.78, 5) is 4.43. The van der Waals surface area contributed by atoms with Crippen LogP contribution in [0, 0.1) is 6.92 Å². The van der Waals surface area contributed by atoms with E-state index in [2.05, 4.69) is 48.3 Å². The van der Waals surface area contributed by atoms with Crippen molar-refractivity contribution in [3.05, 3.63) is 93.8 Å². The van der Waals surface area contributed by atoms with Crippen LogP contribution in [0.15, 0.2) is 60.7 Å². The van der Waals surface area contributed by atoms with Gasteiger partial charge in [0.05, 0.1) is 21.6 Å². The quantitative estimate of drug-likeness (QED) is 0.316. The van der Waals surface area contributed by atoms with Crippen LogP contribution in [0.4, 0.5) is 13.2 Å². The van der Waals surface area contributed by atoms with Crippen LogP contribution in [0.5, 0.6) is 0 Å². The van der Waals surface area contributed by atoms with E-state index in [1.165, 1.54) is 22.8 Å². The van der Waals surface area contributed by atoms with Crippen LogP contribution in [0.2, 0.25) is 5.02 Å². The molecule has 0 amide bonds. The lowest BCUT2D eigenvalue weighted by Crippen LogP contribution is -2.06. The fourth-order valence-electron chi connectivity index (χ4n) is 3.86. The minimum absolute atomic E-state index is 0.289. The van der Waals surface area contributed by atoms with Gasteiger partial charge < -0.3 is 0 Å². The van der Waals surface area contributed by atoms with Gasteiger partial charge in [-0.3, -0.25) is 4.57 Å². The molecule has 2 nitrogen and oxygen atoms in total. The van der Waals surface area contributed by atoms with Crippen LogP contribution in [0.25, 0.3) is 16.7 Å². The van der Waals surface area contributed by atoms with Crippen molar-refractivity contribution in [3.8, 4) is 5.69 Å². The second-order valence-electron chi connectivity index (χ2n) is 7.69. The summed E-state index contributed by atoms with van der Waals surface area (Å²) in [7, 11) is 0. The second-order valence-corrected chi connectivity index (χ2v) is 8.10. The van der Waals surface area contributed by atoms with E-state index >= 15 is 0 Å². The highest BCUT2D eigenvalue weighted by Crippen LogP contribution is 2.37. The molecule has 4 rings (SSSR count). The summed E-state index contributed by atoms with van der Waals surface area (Å²) >= 11 is 5.97. The fourth-order valence-corrected chi connectivity index (χ4v) is 4.12. The summed E-state index contributed by atoms with van der Waals surface area (Å²) in [5, 5.41) is -0.321. The Morgan fingerprint density at radius 3 is 2.29 bits per heavy atom. The molecule has 0 fully saturated rings. The van der Waals surface area contributed by atoms with Gasteiger partial charge in [-0.15, -0.1) is 0 Å². The molecule has 0 saturated heterocycles. The lowest BCUT2D eigenvalue weighted by atomic mass is 10.0. The molecule has 0 aliphatic heterocycles. The van der Waals surface area contributed by atoms with E-state index in [1.807, 2.05) is 23.6 Å². The lowest BCUT2D eigenvalue weighted by molar-refractivity contribution is -0.137. The van der Waals surface area contributed by atoms with Crippen LogP contribution in [-0.2, 0) is 25.4 Å². The number of alkyl halides is 3. The van der Waals surface area contributed by atoms with Crippen molar-refractivity contribution in [2.75, 3.05) is 0 Å². The molecule has 0 unspecified atom stereocenters. The van der Waals surface area contributed by atoms with Crippen molar-refractivity contribution in [1.29, 1.82) is 0 Å². The first-order chi connectivity index (χ1) is 14.8. The molecule has 0 aliphatic carbocycles. The van der Waals surface area contributed by atoms with Crippen LogP contribution < -0.4 is 0 Å². The number of aromatic nitrogens is 2. The zero-order chi connectivity index (χ0) is 22.2. The molecule has 0 aliphatic rings. The summed E-state index contributed by atoms with van der Waals surface area (Å²) in [6, 6.07) is 19.0. The highest BCUT2D eigenvalue weighted by molar-refractivity contribution is 6.32. The molecule has 0 spiro atoms. The summed E-state index contributed by atoms with van der Waals surface area (Å²) in [6.45, 7) is 4.02. The number of halogens is 4. The Labute approximate surface area is 184 Å². The molecule has 0 saturated carbocycles. The molecule has 0 bridgehead atoms. The van der Waals surface area contributed by atoms with Gasteiger partial charge >= 0.3 is 6.18 Å². The van der Waals surface area contributed by atoms with E-state index in [4.69, 9.17) is 11.6 Å². The molecule has 3 aromatic carbocycles. The van der Waals surface area contributed by atoms with E-state index in [-0.39, 0.29) is 10.5 Å². The number of rotatable bonds is 5. The molecule has 1 aromatic heterocycles. The third kappa shape index (κ3) is 4.47. The first-order valence-corrected chi connectivity index (χ1v) is 10.6. The Morgan fingerprint density at radius 2 is 1.65 bits per heavy atom. The van der Waals surface area contributed by atoms with E-state index < -0.39 is 11.7 Å². The van der Waals surface area contributed by atoms with Crippen LogP contribution in [0.1, 0.15) is 35.0 Å². The second kappa shape index (κ2) is 8.39. The molecule has 0 N–H and O–H groups in total. The first-order valence-electron chi connectivity index (χ1n) is 10.2. The number of nitrogens with zero attached hydrogens (tertiary/aromatic N) is 2. The largest absolute Gasteiger partial charge is 0.417 e. The Hall–Kier alpha value is -2.79. The molecule has 0 radical (unpaired) electrons. The van der Waals surface area contributed by atoms with E-state index in [9.17, 15) is 13.2 Å². The van der Waals surface area contributed by atoms with Crippen LogP contribution >= 0.6 is 11.6 Å². The third-order valence-corrected chi connectivity index (χ3v) is 5.73. The molecule has 4 aromatic rings. The van der Waals surface area contributed by atoms with Crippen molar-refractivity contribution in [2.24, 2.45) is 0 Å². The van der Waals surface area contributed by atoms with Gasteiger partial charge in [-0.25, -0.2) is 4.98 Å². The van der Waals surface area contributed by atoms with Gasteiger partial charge in [0.2, 0.25) is 0 Å². The predicted molar refractivity (Wildman–Crippen MR) is 119 cm³/mol. The normalized spacial score (nSPS) is 11.9. The predicted octanol–water partition coefficient (Wildman–Crippen LogP) is 7.35.